The van der Waals surface area contributed by atoms with Gasteiger partial charge in [-0.15, -0.1) is 0 Å². The van der Waals surface area contributed by atoms with Gasteiger partial charge in [-0.05, 0) is 0 Å². The van der Waals surface area contributed by atoms with E-state index < -0.39 is 31.2 Å². The summed E-state index contributed by atoms with van der Waals surface area (Å²) in [4.78, 5) is 10.6. The van der Waals surface area contributed by atoms with E-state index in [0.29, 0.717) is 4.90 Å². The zero-order valence-electron chi connectivity index (χ0n) is 5.50. The predicted molar refractivity (Wildman–Crippen MR) is 30.6 cm³/mol. The minimum absolute atomic E-state index is 0.491. The molecule has 0 unspecified atom stereocenters. The second-order valence-electron chi connectivity index (χ2n) is 2.44. The highest BCUT2D eigenvalue weighted by Gasteiger charge is 2.48. The lowest BCUT2D eigenvalue weighted by Gasteiger charge is -2.10. The first kappa shape index (κ1) is 8.19. The van der Waals surface area contributed by atoms with Gasteiger partial charge in [-0.1, -0.05) is 0 Å². The largest absolute Gasteiger partial charge is 0.465 e. The van der Waals surface area contributed by atoms with Crippen LogP contribution in [0.25, 0.3) is 0 Å². The normalized spacial score (nSPS) is 29.0. The molecule has 1 aliphatic rings. The van der Waals surface area contributed by atoms with Crippen molar-refractivity contribution in [3.8, 4) is 0 Å². The van der Waals surface area contributed by atoms with Gasteiger partial charge in [0.15, 0.2) is 0 Å². The molecular weight excluding hydrogens is 160 g/mol. The molecule has 1 amide bonds. The molecule has 0 aromatic rings. The molecule has 64 valence electrons. The molecule has 0 bridgehead atoms. The summed E-state index contributed by atoms with van der Waals surface area (Å²) in [5.41, 5.74) is 0. The van der Waals surface area contributed by atoms with Crippen LogP contribution >= 0.6 is 0 Å². The van der Waals surface area contributed by atoms with Crippen molar-refractivity contribution in [1.29, 1.82) is 0 Å². The lowest BCUT2D eigenvalue weighted by Crippen LogP contribution is -2.31. The third-order valence-electron chi connectivity index (χ3n) is 1.55. The molecule has 1 saturated heterocycles. The zero-order valence-corrected chi connectivity index (χ0v) is 5.50. The topological polar surface area (TPSA) is 60.8 Å². The van der Waals surface area contributed by atoms with Gasteiger partial charge in [0.2, 0.25) is 0 Å². The Morgan fingerprint density at radius 2 is 2.18 bits per heavy atom. The first-order chi connectivity index (χ1) is 4.93. The minimum Gasteiger partial charge on any atom is -0.465 e. The van der Waals surface area contributed by atoms with E-state index in [1.165, 1.54) is 0 Å². The molecule has 1 rings (SSSR count). The number of β-amino-alcohol motifs (C(OH)–C–C–N with tert-alkyl or cyclic N) is 1. The monoisotopic (exact) mass is 167 g/mol. The van der Waals surface area contributed by atoms with Gasteiger partial charge in [-0.25, -0.2) is 13.6 Å². The van der Waals surface area contributed by atoms with Crippen molar-refractivity contribution < 1.29 is 23.8 Å². The van der Waals surface area contributed by atoms with E-state index in [4.69, 9.17) is 10.2 Å². The molecule has 0 aromatic heterocycles. The number of carbonyl (C=O) groups is 1. The van der Waals surface area contributed by atoms with Crippen LogP contribution in [0, 0.1) is 0 Å². The van der Waals surface area contributed by atoms with Gasteiger partial charge in [0.05, 0.1) is 13.1 Å². The van der Waals surface area contributed by atoms with Gasteiger partial charge < -0.3 is 10.2 Å². The first-order valence-electron chi connectivity index (χ1n) is 2.97. The number of rotatable bonds is 0. The Labute approximate surface area is 61.0 Å². The third-order valence-corrected chi connectivity index (χ3v) is 1.55. The van der Waals surface area contributed by atoms with E-state index in [0.717, 1.165) is 0 Å². The van der Waals surface area contributed by atoms with E-state index in [-0.39, 0.29) is 0 Å². The van der Waals surface area contributed by atoms with E-state index in [1.54, 1.807) is 0 Å². The number of halogens is 2. The second kappa shape index (κ2) is 2.30. The van der Waals surface area contributed by atoms with Crippen LogP contribution in [-0.2, 0) is 0 Å². The molecule has 4 nitrogen and oxygen atoms in total. The molecule has 2 N–H and O–H groups in total. The molecule has 1 heterocycles. The Bertz CT molecular complexity index is 185. The summed E-state index contributed by atoms with van der Waals surface area (Å²) in [5.74, 6) is -3.29. The Balaban J connectivity index is 2.64. The van der Waals surface area contributed by atoms with Crippen LogP contribution in [0.1, 0.15) is 0 Å². The van der Waals surface area contributed by atoms with Crippen LogP contribution < -0.4 is 0 Å². The number of amides is 1. The van der Waals surface area contributed by atoms with E-state index in [2.05, 4.69) is 0 Å². The van der Waals surface area contributed by atoms with Crippen LogP contribution in [0.15, 0.2) is 0 Å². The van der Waals surface area contributed by atoms with Gasteiger partial charge in [0, 0.05) is 0 Å². The van der Waals surface area contributed by atoms with Crippen LogP contribution in [0.2, 0.25) is 0 Å². The summed E-state index contributed by atoms with van der Waals surface area (Å²) in [7, 11) is 0. The summed E-state index contributed by atoms with van der Waals surface area (Å²) in [6.45, 7) is -1.42. The number of aliphatic hydroxyl groups is 1. The SMILES string of the molecule is O=C(O)N1C[C@H](O)C(F)(F)C1. The van der Waals surface area contributed by atoms with Crippen molar-refractivity contribution in [3.63, 3.8) is 0 Å². The molecule has 0 spiro atoms. The Morgan fingerprint density at radius 1 is 1.64 bits per heavy atom. The molecule has 1 atom stereocenters. The lowest BCUT2D eigenvalue weighted by atomic mass is 10.2. The summed E-state index contributed by atoms with van der Waals surface area (Å²) in [6, 6.07) is 0. The maximum absolute atomic E-state index is 12.4. The molecule has 0 saturated carbocycles. The maximum atomic E-state index is 12.4. The molecule has 1 aliphatic heterocycles. The van der Waals surface area contributed by atoms with Gasteiger partial charge in [0.25, 0.3) is 5.92 Å². The van der Waals surface area contributed by atoms with Gasteiger partial charge in [-0.3, -0.25) is 4.90 Å². The third kappa shape index (κ3) is 1.40. The number of hydrogen-bond donors (Lipinski definition) is 2. The van der Waals surface area contributed by atoms with Crippen molar-refractivity contribution in [2.75, 3.05) is 13.1 Å². The van der Waals surface area contributed by atoms with Crippen molar-refractivity contribution in [1.82, 2.24) is 4.90 Å². The first-order valence-corrected chi connectivity index (χ1v) is 2.97. The van der Waals surface area contributed by atoms with E-state index >= 15 is 0 Å². The van der Waals surface area contributed by atoms with E-state index in [9.17, 15) is 13.6 Å². The van der Waals surface area contributed by atoms with Crippen LogP contribution in [0.5, 0.6) is 0 Å². The zero-order chi connectivity index (χ0) is 8.65. The number of nitrogens with zero attached hydrogens (tertiary/aromatic N) is 1. The number of aliphatic hydroxyl groups excluding tert-OH is 1. The van der Waals surface area contributed by atoms with E-state index in [1.807, 2.05) is 0 Å². The summed E-state index contributed by atoms with van der Waals surface area (Å²) >= 11 is 0. The average Bonchev–Trinajstić information content (AvgIpc) is 2.08. The van der Waals surface area contributed by atoms with Crippen LogP contribution in [0.3, 0.4) is 0 Å². The molecule has 1 fully saturated rings. The average molecular weight is 167 g/mol. The van der Waals surface area contributed by atoms with Crippen LogP contribution in [0.4, 0.5) is 13.6 Å². The Morgan fingerprint density at radius 3 is 2.36 bits per heavy atom. The highest BCUT2D eigenvalue weighted by molar-refractivity contribution is 5.65. The molecular formula is C5H7F2NO3. The number of hydrogen-bond acceptors (Lipinski definition) is 2. The Kier molecular flexibility index (Phi) is 1.71. The summed E-state index contributed by atoms with van der Waals surface area (Å²) < 4.78 is 24.8. The standard InChI is InChI=1S/C5H7F2NO3/c6-5(7)2-8(4(10)11)1-3(5)9/h3,9H,1-2H2,(H,10,11)/t3-/m0/s1. The smallest absolute Gasteiger partial charge is 0.407 e. The molecule has 0 aliphatic carbocycles. The molecule has 11 heavy (non-hydrogen) atoms. The number of alkyl halides is 2. The quantitative estimate of drug-likeness (QED) is 0.532. The van der Waals surface area contributed by atoms with Crippen LogP contribution in [-0.4, -0.2) is 46.3 Å². The minimum atomic E-state index is -3.29. The highest BCUT2D eigenvalue weighted by Crippen LogP contribution is 2.27. The Hall–Kier alpha value is -0.910. The molecule has 0 radical (unpaired) electrons. The summed E-state index contributed by atoms with van der Waals surface area (Å²) in [5, 5.41) is 16.9. The predicted octanol–water partition coefficient (Wildman–Crippen LogP) is -0.0238. The van der Waals surface area contributed by atoms with Crippen molar-refractivity contribution in [2.24, 2.45) is 0 Å². The highest BCUT2D eigenvalue weighted by atomic mass is 19.3. The fourth-order valence-corrected chi connectivity index (χ4v) is 0.912. The lowest BCUT2D eigenvalue weighted by molar-refractivity contribution is -0.0727. The van der Waals surface area contributed by atoms with Crippen molar-refractivity contribution >= 4 is 6.09 Å². The van der Waals surface area contributed by atoms with Gasteiger partial charge >= 0.3 is 6.09 Å². The fraction of sp³-hybridized carbons (Fsp3) is 0.800. The van der Waals surface area contributed by atoms with Crippen molar-refractivity contribution in [3.05, 3.63) is 0 Å². The fourth-order valence-electron chi connectivity index (χ4n) is 0.912. The maximum Gasteiger partial charge on any atom is 0.407 e. The van der Waals surface area contributed by atoms with Crippen molar-refractivity contribution in [2.45, 2.75) is 12.0 Å². The summed E-state index contributed by atoms with van der Waals surface area (Å²) in [6.07, 6.45) is -3.29. The number of likely N-dealkylation sites (tertiary alicyclic amines) is 1. The molecule has 0 aromatic carbocycles. The number of carboxylic acid groups (broad SMARTS) is 1. The molecule has 6 heteroatoms. The van der Waals surface area contributed by atoms with Gasteiger partial charge in [0.1, 0.15) is 6.10 Å². The van der Waals surface area contributed by atoms with Gasteiger partial charge in [-0.2, -0.15) is 0 Å². The second-order valence-corrected chi connectivity index (χ2v) is 2.44.